The normalized spacial score (nSPS) is 19.5. The van der Waals surface area contributed by atoms with Crippen molar-refractivity contribution in [3.8, 4) is 0 Å². The van der Waals surface area contributed by atoms with Crippen LogP contribution in [0, 0.1) is 0 Å². The molecule has 1 aromatic heterocycles. The number of Topliss-reactive ketones (excluding diaryl/α,β-unsaturated/α-hetero) is 1. The molecule has 4 rings (SSSR count). The number of benzene rings is 1. The van der Waals surface area contributed by atoms with Gasteiger partial charge in [-0.25, -0.2) is 4.68 Å². The lowest BCUT2D eigenvalue weighted by Crippen LogP contribution is -2.08. The molecule has 1 aliphatic carbocycles. The molecule has 1 fully saturated rings. The quantitative estimate of drug-likeness (QED) is 0.667. The molecule has 0 radical (unpaired) electrons. The Labute approximate surface area is 136 Å². The van der Waals surface area contributed by atoms with Crippen LogP contribution in [0.4, 0.5) is 5.69 Å². The van der Waals surface area contributed by atoms with Gasteiger partial charge in [0.1, 0.15) is 0 Å². The number of hydrogen-bond donors (Lipinski definition) is 1. The van der Waals surface area contributed by atoms with Crippen molar-refractivity contribution < 1.29 is 9.59 Å². The molecule has 1 atom stereocenters. The van der Waals surface area contributed by atoms with E-state index in [9.17, 15) is 9.59 Å². The van der Waals surface area contributed by atoms with Crippen molar-refractivity contribution in [2.24, 2.45) is 0 Å². The van der Waals surface area contributed by atoms with Crippen molar-refractivity contribution in [1.29, 1.82) is 0 Å². The number of thioether (sulfide) groups is 1. The van der Waals surface area contributed by atoms with E-state index in [1.165, 1.54) is 11.8 Å². The smallest absolute Gasteiger partial charge is 0.231 e. The van der Waals surface area contributed by atoms with Crippen molar-refractivity contribution in [1.82, 2.24) is 20.2 Å². The van der Waals surface area contributed by atoms with Gasteiger partial charge in [0.25, 0.3) is 0 Å². The van der Waals surface area contributed by atoms with Gasteiger partial charge in [-0.05, 0) is 54.0 Å². The number of nitrogens with zero attached hydrogens (tertiary/aromatic N) is 4. The summed E-state index contributed by atoms with van der Waals surface area (Å²) in [6.45, 7) is 1.84. The Morgan fingerprint density at radius 1 is 1.43 bits per heavy atom. The number of nitrogens with one attached hydrogen (secondary N) is 1. The fourth-order valence-electron chi connectivity index (χ4n) is 2.63. The summed E-state index contributed by atoms with van der Waals surface area (Å²) in [5, 5.41) is 15.1. The van der Waals surface area contributed by atoms with Gasteiger partial charge in [0.15, 0.2) is 5.78 Å². The predicted molar refractivity (Wildman–Crippen MR) is 84.6 cm³/mol. The maximum absolute atomic E-state index is 12.4. The van der Waals surface area contributed by atoms with Crippen LogP contribution in [0.25, 0.3) is 0 Å². The lowest BCUT2D eigenvalue weighted by molar-refractivity contribution is -0.116. The summed E-state index contributed by atoms with van der Waals surface area (Å²) in [5.74, 6) is 0.0478. The molecule has 1 N–H and O–H groups in total. The number of anilines is 1. The first kappa shape index (κ1) is 14.4. The van der Waals surface area contributed by atoms with Gasteiger partial charge in [-0.1, -0.05) is 11.8 Å². The Morgan fingerprint density at radius 2 is 2.26 bits per heavy atom. The van der Waals surface area contributed by atoms with E-state index in [1.807, 2.05) is 13.0 Å². The van der Waals surface area contributed by atoms with Crippen molar-refractivity contribution in [3.05, 3.63) is 29.3 Å². The van der Waals surface area contributed by atoms with Crippen molar-refractivity contribution in [2.45, 2.75) is 36.9 Å². The van der Waals surface area contributed by atoms with E-state index in [0.29, 0.717) is 16.8 Å². The number of carbonyl (C=O) groups excluding carboxylic acids is 2. The third-order valence-corrected chi connectivity index (χ3v) is 5.11. The summed E-state index contributed by atoms with van der Waals surface area (Å²) < 4.78 is 1.80. The molecule has 0 bridgehead atoms. The molecule has 0 unspecified atom stereocenters. The Bertz CT molecular complexity index is 799. The minimum Gasteiger partial charge on any atom is -0.325 e. The number of rotatable bonds is 5. The van der Waals surface area contributed by atoms with Crippen LogP contribution in [-0.4, -0.2) is 37.7 Å². The average Bonchev–Trinajstić information content (AvgIpc) is 3.23. The molecule has 1 aliphatic heterocycles. The lowest BCUT2D eigenvalue weighted by atomic mass is 9.99. The third-order valence-electron chi connectivity index (χ3n) is 4.18. The molecule has 0 saturated heterocycles. The number of aromatic nitrogens is 4. The Balaban J connectivity index is 1.47. The van der Waals surface area contributed by atoms with Gasteiger partial charge < -0.3 is 5.32 Å². The van der Waals surface area contributed by atoms with Gasteiger partial charge >= 0.3 is 0 Å². The van der Waals surface area contributed by atoms with Crippen LogP contribution in [0.15, 0.2) is 23.4 Å². The molecular weight excluding hydrogens is 314 g/mol. The van der Waals surface area contributed by atoms with Crippen LogP contribution in [0.1, 0.15) is 47.6 Å². The topological polar surface area (TPSA) is 89.8 Å². The number of fused-ring (bicyclic) bond motifs is 1. The van der Waals surface area contributed by atoms with Crippen LogP contribution in [0.5, 0.6) is 0 Å². The molecule has 23 heavy (non-hydrogen) atoms. The first-order chi connectivity index (χ1) is 11.1. The highest BCUT2D eigenvalue weighted by Gasteiger charge is 2.29. The van der Waals surface area contributed by atoms with Crippen LogP contribution < -0.4 is 5.32 Å². The molecule has 2 heterocycles. The van der Waals surface area contributed by atoms with E-state index in [1.54, 1.807) is 16.8 Å². The number of amides is 1. The summed E-state index contributed by atoms with van der Waals surface area (Å²) >= 11 is 1.35. The van der Waals surface area contributed by atoms with E-state index >= 15 is 0 Å². The maximum Gasteiger partial charge on any atom is 0.231 e. The standard InChI is InChI=1S/C15H15N5O2S/c1-8-11-6-9(2-5-12(11)16-14(8)22)13(21)7-23-15-17-18-19-20(15)10-3-4-10/h2,5-6,8,10H,3-4,7H2,1H3,(H,16,22)/t8-/m0/s1. The fraction of sp³-hybridized carbons (Fsp3) is 0.400. The first-order valence-electron chi connectivity index (χ1n) is 7.52. The van der Waals surface area contributed by atoms with Crippen molar-refractivity contribution >= 4 is 29.1 Å². The highest BCUT2D eigenvalue weighted by molar-refractivity contribution is 7.99. The monoisotopic (exact) mass is 329 g/mol. The van der Waals surface area contributed by atoms with E-state index < -0.39 is 0 Å². The van der Waals surface area contributed by atoms with E-state index in [-0.39, 0.29) is 23.4 Å². The van der Waals surface area contributed by atoms with Crippen LogP contribution >= 0.6 is 11.8 Å². The summed E-state index contributed by atoms with van der Waals surface area (Å²) in [7, 11) is 0. The molecular formula is C15H15N5O2S. The molecule has 2 aliphatic rings. The van der Waals surface area contributed by atoms with Gasteiger partial charge in [0.05, 0.1) is 17.7 Å². The average molecular weight is 329 g/mol. The van der Waals surface area contributed by atoms with E-state index in [2.05, 4.69) is 20.8 Å². The summed E-state index contributed by atoms with van der Waals surface area (Å²) in [6.07, 6.45) is 2.19. The molecule has 7 nitrogen and oxygen atoms in total. The zero-order chi connectivity index (χ0) is 16.0. The number of hydrogen-bond acceptors (Lipinski definition) is 6. The largest absolute Gasteiger partial charge is 0.325 e. The molecule has 2 aromatic rings. The van der Waals surface area contributed by atoms with Gasteiger partial charge in [0.2, 0.25) is 11.1 Å². The maximum atomic E-state index is 12.4. The molecule has 1 amide bonds. The Kier molecular flexibility index (Phi) is 3.41. The summed E-state index contributed by atoms with van der Waals surface area (Å²) in [4.78, 5) is 24.1. The van der Waals surface area contributed by atoms with E-state index in [4.69, 9.17) is 0 Å². The third kappa shape index (κ3) is 2.63. The van der Waals surface area contributed by atoms with Gasteiger partial charge in [-0.3, -0.25) is 9.59 Å². The molecule has 0 spiro atoms. The molecule has 8 heteroatoms. The summed E-state index contributed by atoms with van der Waals surface area (Å²) in [6, 6.07) is 5.75. The minimum absolute atomic E-state index is 0.00898. The van der Waals surface area contributed by atoms with Gasteiger partial charge in [0, 0.05) is 11.3 Å². The second-order valence-corrected chi connectivity index (χ2v) is 6.80. The second kappa shape index (κ2) is 5.45. The summed E-state index contributed by atoms with van der Waals surface area (Å²) in [5.41, 5.74) is 2.29. The molecule has 1 aromatic carbocycles. The van der Waals surface area contributed by atoms with Gasteiger partial charge in [-0.2, -0.15) is 0 Å². The highest BCUT2D eigenvalue weighted by atomic mass is 32.2. The van der Waals surface area contributed by atoms with Crippen LogP contribution in [-0.2, 0) is 4.79 Å². The lowest BCUT2D eigenvalue weighted by Gasteiger charge is -2.05. The van der Waals surface area contributed by atoms with Crippen molar-refractivity contribution in [2.75, 3.05) is 11.1 Å². The zero-order valence-electron chi connectivity index (χ0n) is 12.5. The highest BCUT2D eigenvalue weighted by Crippen LogP contribution is 2.36. The Morgan fingerprint density at radius 3 is 3.04 bits per heavy atom. The molecule has 1 saturated carbocycles. The SMILES string of the molecule is C[C@@H]1C(=O)Nc2ccc(C(=O)CSc3nnnn3C3CC3)cc21. The number of carbonyl (C=O) groups is 2. The zero-order valence-corrected chi connectivity index (χ0v) is 13.3. The first-order valence-corrected chi connectivity index (χ1v) is 8.50. The Hall–Kier alpha value is -2.22. The minimum atomic E-state index is -0.215. The number of tetrazole rings is 1. The van der Waals surface area contributed by atoms with Gasteiger partial charge in [-0.15, -0.1) is 5.10 Å². The molecule has 118 valence electrons. The second-order valence-electron chi connectivity index (χ2n) is 5.86. The van der Waals surface area contributed by atoms with E-state index in [0.717, 1.165) is 24.1 Å². The van der Waals surface area contributed by atoms with Crippen molar-refractivity contribution in [3.63, 3.8) is 0 Å². The number of ketones is 1. The van der Waals surface area contributed by atoms with Crippen LogP contribution in [0.2, 0.25) is 0 Å². The van der Waals surface area contributed by atoms with Crippen LogP contribution in [0.3, 0.4) is 0 Å². The fourth-order valence-corrected chi connectivity index (χ4v) is 3.47. The predicted octanol–water partition coefficient (Wildman–Crippen LogP) is 2.04.